The average molecular weight is 249 g/mol. The van der Waals surface area contributed by atoms with Crippen molar-refractivity contribution in [3.8, 4) is 11.5 Å². The van der Waals surface area contributed by atoms with E-state index in [0.29, 0.717) is 23.9 Å². The van der Waals surface area contributed by atoms with Crippen molar-refractivity contribution in [3.63, 3.8) is 0 Å². The summed E-state index contributed by atoms with van der Waals surface area (Å²) >= 11 is 0. The molecule has 1 aromatic carbocycles. The largest absolute Gasteiger partial charge is 0.493 e. The van der Waals surface area contributed by atoms with Gasteiger partial charge in [0, 0.05) is 11.8 Å². The van der Waals surface area contributed by atoms with Gasteiger partial charge in [0.15, 0.2) is 17.3 Å². The van der Waals surface area contributed by atoms with Crippen molar-refractivity contribution >= 4 is 5.69 Å². The van der Waals surface area contributed by atoms with E-state index in [1.165, 1.54) is 4.80 Å². The molecule has 0 saturated heterocycles. The summed E-state index contributed by atoms with van der Waals surface area (Å²) in [6.07, 6.45) is 0. The van der Waals surface area contributed by atoms with Crippen molar-refractivity contribution in [2.24, 2.45) is 7.05 Å². The number of aromatic nitrogens is 4. The maximum atomic E-state index is 5.22. The highest BCUT2D eigenvalue weighted by Crippen LogP contribution is 2.29. The molecule has 7 heteroatoms. The first-order valence-electron chi connectivity index (χ1n) is 5.41. The first kappa shape index (κ1) is 12.2. The van der Waals surface area contributed by atoms with Crippen molar-refractivity contribution in [2.75, 3.05) is 19.5 Å². The van der Waals surface area contributed by atoms with Crippen molar-refractivity contribution in [3.05, 3.63) is 24.0 Å². The first-order valence-corrected chi connectivity index (χ1v) is 5.41. The van der Waals surface area contributed by atoms with Crippen LogP contribution >= 0.6 is 0 Å². The van der Waals surface area contributed by atoms with Gasteiger partial charge in [-0.05, 0) is 17.3 Å². The number of hydrogen-bond donors (Lipinski definition) is 1. The lowest BCUT2D eigenvalue weighted by atomic mass is 10.2. The lowest BCUT2D eigenvalue weighted by Crippen LogP contribution is -2.02. The molecule has 0 saturated carbocycles. The van der Waals surface area contributed by atoms with E-state index in [4.69, 9.17) is 9.47 Å². The molecule has 0 fully saturated rings. The van der Waals surface area contributed by atoms with Crippen LogP contribution in [0.4, 0.5) is 5.69 Å². The van der Waals surface area contributed by atoms with E-state index >= 15 is 0 Å². The van der Waals surface area contributed by atoms with Crippen LogP contribution in [0.1, 0.15) is 5.82 Å². The van der Waals surface area contributed by atoms with Crippen LogP contribution < -0.4 is 14.8 Å². The lowest BCUT2D eigenvalue weighted by Gasteiger charge is -2.10. The topological polar surface area (TPSA) is 74.1 Å². The molecule has 2 rings (SSSR count). The molecule has 0 aliphatic rings. The van der Waals surface area contributed by atoms with E-state index in [1.54, 1.807) is 21.3 Å². The number of hydrogen-bond acceptors (Lipinski definition) is 6. The Morgan fingerprint density at radius 3 is 2.61 bits per heavy atom. The van der Waals surface area contributed by atoms with Gasteiger partial charge < -0.3 is 14.8 Å². The fourth-order valence-electron chi connectivity index (χ4n) is 1.52. The van der Waals surface area contributed by atoms with Crippen LogP contribution in [0, 0.1) is 0 Å². The number of nitrogens with one attached hydrogen (secondary N) is 1. The zero-order valence-corrected chi connectivity index (χ0v) is 10.5. The normalized spacial score (nSPS) is 10.2. The first-order chi connectivity index (χ1) is 8.72. The molecule has 1 heterocycles. The summed E-state index contributed by atoms with van der Waals surface area (Å²) in [7, 11) is 4.94. The predicted octanol–water partition coefficient (Wildman–Crippen LogP) is 0.839. The van der Waals surface area contributed by atoms with Crippen molar-refractivity contribution < 1.29 is 9.47 Å². The molecule has 2 aromatic rings. The second-order valence-electron chi connectivity index (χ2n) is 3.62. The highest BCUT2D eigenvalue weighted by molar-refractivity contribution is 5.54. The van der Waals surface area contributed by atoms with Gasteiger partial charge in [0.1, 0.15) is 0 Å². The van der Waals surface area contributed by atoms with Crippen LogP contribution in [0.5, 0.6) is 11.5 Å². The Bertz CT molecular complexity index is 526. The van der Waals surface area contributed by atoms with E-state index in [2.05, 4.69) is 20.7 Å². The monoisotopic (exact) mass is 249 g/mol. The molecule has 0 unspecified atom stereocenters. The van der Waals surface area contributed by atoms with Gasteiger partial charge in [-0.1, -0.05) is 0 Å². The van der Waals surface area contributed by atoms with Gasteiger partial charge in [-0.25, -0.2) is 0 Å². The summed E-state index contributed by atoms with van der Waals surface area (Å²) < 4.78 is 10.4. The van der Waals surface area contributed by atoms with Gasteiger partial charge in [-0.2, -0.15) is 4.80 Å². The number of aryl methyl sites for hydroxylation is 1. The fraction of sp³-hybridized carbons (Fsp3) is 0.364. The number of rotatable bonds is 5. The number of nitrogens with zero attached hydrogens (tertiary/aromatic N) is 4. The van der Waals surface area contributed by atoms with Crippen molar-refractivity contribution in [2.45, 2.75) is 6.54 Å². The Labute approximate surface area is 105 Å². The van der Waals surface area contributed by atoms with Crippen LogP contribution in [0.15, 0.2) is 18.2 Å². The average Bonchev–Trinajstić information content (AvgIpc) is 2.81. The zero-order chi connectivity index (χ0) is 13.0. The molecule has 0 spiro atoms. The molecule has 0 radical (unpaired) electrons. The number of methoxy groups -OCH3 is 2. The van der Waals surface area contributed by atoms with Gasteiger partial charge in [-0.3, -0.25) is 0 Å². The standard InChI is InChI=1S/C11H15N5O2/c1-16-14-11(13-15-16)7-12-8-4-5-9(17-2)10(6-8)18-3/h4-6,12H,7H2,1-3H3. The minimum absolute atomic E-state index is 0.503. The molecule has 0 aliphatic carbocycles. The minimum atomic E-state index is 0.503. The second kappa shape index (κ2) is 5.35. The molecule has 18 heavy (non-hydrogen) atoms. The summed E-state index contributed by atoms with van der Waals surface area (Å²) in [5, 5.41) is 14.9. The molecule has 0 bridgehead atoms. The second-order valence-corrected chi connectivity index (χ2v) is 3.62. The van der Waals surface area contributed by atoms with Crippen LogP contribution in [0.3, 0.4) is 0 Å². The summed E-state index contributed by atoms with van der Waals surface area (Å²) in [5.41, 5.74) is 0.903. The van der Waals surface area contributed by atoms with Crippen LogP contribution in [-0.4, -0.2) is 34.4 Å². The third-order valence-corrected chi connectivity index (χ3v) is 2.38. The Morgan fingerprint density at radius 2 is 2.00 bits per heavy atom. The third-order valence-electron chi connectivity index (χ3n) is 2.38. The van der Waals surface area contributed by atoms with Gasteiger partial charge in [0.2, 0.25) is 0 Å². The molecule has 1 N–H and O–H groups in total. The zero-order valence-electron chi connectivity index (χ0n) is 10.5. The lowest BCUT2D eigenvalue weighted by molar-refractivity contribution is 0.355. The van der Waals surface area contributed by atoms with E-state index in [0.717, 1.165) is 5.69 Å². The van der Waals surface area contributed by atoms with E-state index in [1.807, 2.05) is 18.2 Å². The van der Waals surface area contributed by atoms with Crippen LogP contribution in [0.25, 0.3) is 0 Å². The van der Waals surface area contributed by atoms with Crippen LogP contribution in [0.2, 0.25) is 0 Å². The van der Waals surface area contributed by atoms with E-state index < -0.39 is 0 Å². The summed E-state index contributed by atoms with van der Waals surface area (Å²) in [4.78, 5) is 1.42. The minimum Gasteiger partial charge on any atom is -0.493 e. The SMILES string of the molecule is COc1ccc(NCc2nnn(C)n2)cc1OC. The molecule has 96 valence electrons. The Morgan fingerprint density at radius 1 is 1.22 bits per heavy atom. The molecule has 0 aliphatic heterocycles. The van der Waals surface area contributed by atoms with E-state index in [9.17, 15) is 0 Å². The molecular weight excluding hydrogens is 234 g/mol. The summed E-state index contributed by atoms with van der Waals surface area (Å²) in [6.45, 7) is 0.503. The molecule has 0 amide bonds. The summed E-state index contributed by atoms with van der Waals surface area (Å²) in [5.74, 6) is 2.00. The number of benzene rings is 1. The van der Waals surface area contributed by atoms with E-state index in [-0.39, 0.29) is 0 Å². The molecule has 0 atom stereocenters. The Kier molecular flexibility index (Phi) is 3.61. The smallest absolute Gasteiger partial charge is 0.193 e. The van der Waals surface area contributed by atoms with Gasteiger partial charge >= 0.3 is 0 Å². The highest BCUT2D eigenvalue weighted by Gasteiger charge is 2.05. The van der Waals surface area contributed by atoms with Crippen LogP contribution in [-0.2, 0) is 13.6 Å². The number of ether oxygens (including phenoxy) is 2. The summed E-state index contributed by atoms with van der Waals surface area (Å²) in [6, 6.07) is 5.60. The van der Waals surface area contributed by atoms with Gasteiger partial charge in [-0.15, -0.1) is 10.2 Å². The predicted molar refractivity (Wildman–Crippen MR) is 65.7 cm³/mol. The number of tetrazole rings is 1. The Balaban J connectivity index is 2.05. The maximum absolute atomic E-state index is 5.22. The molecule has 7 nitrogen and oxygen atoms in total. The molecular formula is C11H15N5O2. The van der Waals surface area contributed by atoms with Crippen molar-refractivity contribution in [1.29, 1.82) is 0 Å². The third kappa shape index (κ3) is 2.68. The van der Waals surface area contributed by atoms with Gasteiger partial charge in [0.25, 0.3) is 0 Å². The Hall–Kier alpha value is -2.31. The van der Waals surface area contributed by atoms with Crippen molar-refractivity contribution in [1.82, 2.24) is 20.2 Å². The fourth-order valence-corrected chi connectivity index (χ4v) is 1.52. The quantitative estimate of drug-likeness (QED) is 0.846. The highest BCUT2D eigenvalue weighted by atomic mass is 16.5. The van der Waals surface area contributed by atoms with Gasteiger partial charge in [0.05, 0.1) is 27.8 Å². The molecule has 1 aromatic heterocycles. The maximum Gasteiger partial charge on any atom is 0.193 e. The number of anilines is 1.